The summed E-state index contributed by atoms with van der Waals surface area (Å²) < 4.78 is 5.92. The molecule has 1 aromatic carbocycles. The highest BCUT2D eigenvalue weighted by Gasteiger charge is 2.29. The Labute approximate surface area is 130 Å². The highest BCUT2D eigenvalue weighted by atomic mass is 32.1. The van der Waals surface area contributed by atoms with E-state index in [2.05, 4.69) is 54.7 Å². The molecule has 1 aliphatic rings. The van der Waals surface area contributed by atoms with E-state index in [0.717, 1.165) is 29.4 Å². The molecule has 21 heavy (non-hydrogen) atoms. The monoisotopic (exact) mass is 302 g/mol. The summed E-state index contributed by atoms with van der Waals surface area (Å²) in [7, 11) is 0. The predicted octanol–water partition coefficient (Wildman–Crippen LogP) is 4.02. The molecule has 1 aromatic heterocycles. The molecule has 0 aliphatic carbocycles. The van der Waals surface area contributed by atoms with Crippen LogP contribution in [0.3, 0.4) is 0 Å². The molecule has 0 saturated carbocycles. The first-order valence-electron chi connectivity index (χ1n) is 7.39. The van der Waals surface area contributed by atoms with Crippen LogP contribution in [0.5, 0.6) is 5.75 Å². The number of hydrogen-bond donors (Lipinski definition) is 1. The molecule has 3 rings (SSSR count). The number of ether oxygens (including phenoxy) is 1. The van der Waals surface area contributed by atoms with E-state index in [1.807, 2.05) is 6.92 Å². The normalized spacial score (nSPS) is 17.3. The van der Waals surface area contributed by atoms with Crippen molar-refractivity contribution < 1.29 is 4.74 Å². The molecule has 112 valence electrons. The summed E-state index contributed by atoms with van der Waals surface area (Å²) in [6, 6.07) is 6.79. The van der Waals surface area contributed by atoms with E-state index in [9.17, 15) is 0 Å². The molecule has 4 heteroatoms. The fourth-order valence-corrected chi connectivity index (χ4v) is 3.53. The van der Waals surface area contributed by atoms with Crippen molar-refractivity contribution in [3.8, 4) is 5.75 Å². The van der Waals surface area contributed by atoms with Crippen molar-refractivity contribution in [3.05, 3.63) is 45.4 Å². The lowest BCUT2D eigenvalue weighted by Crippen LogP contribution is -2.24. The molecule has 0 amide bonds. The van der Waals surface area contributed by atoms with Crippen molar-refractivity contribution in [3.63, 3.8) is 0 Å². The number of nitrogens with one attached hydrogen (secondary N) is 1. The van der Waals surface area contributed by atoms with E-state index in [1.165, 1.54) is 11.1 Å². The van der Waals surface area contributed by atoms with E-state index in [0.29, 0.717) is 0 Å². The molecule has 1 aliphatic heterocycles. The number of fused-ring (bicyclic) bond motifs is 1. The fraction of sp³-hybridized carbons (Fsp3) is 0.471. The molecule has 1 N–H and O–H groups in total. The minimum absolute atomic E-state index is 0.0694. The van der Waals surface area contributed by atoms with Crippen LogP contribution in [0.4, 0.5) is 0 Å². The van der Waals surface area contributed by atoms with Crippen LogP contribution in [-0.4, -0.2) is 10.6 Å². The molecular weight excluding hydrogens is 280 g/mol. The summed E-state index contributed by atoms with van der Waals surface area (Å²) >= 11 is 1.72. The number of benzene rings is 1. The van der Waals surface area contributed by atoms with Gasteiger partial charge in [-0.25, -0.2) is 4.98 Å². The standard InChI is InChI=1S/C17H22N2OS/c1-11-10-21-16(19-11)12(2)18-9-13-5-6-15-14(7-13)8-17(3,4)20-15/h5-7,10,12,18H,8-9H2,1-4H3. The van der Waals surface area contributed by atoms with Gasteiger partial charge in [-0.1, -0.05) is 12.1 Å². The van der Waals surface area contributed by atoms with Gasteiger partial charge < -0.3 is 10.1 Å². The topological polar surface area (TPSA) is 34.1 Å². The minimum atomic E-state index is -0.0694. The number of hydrogen-bond acceptors (Lipinski definition) is 4. The summed E-state index contributed by atoms with van der Waals surface area (Å²) in [5.41, 5.74) is 3.65. The maximum Gasteiger partial charge on any atom is 0.123 e. The Morgan fingerprint density at radius 2 is 2.24 bits per heavy atom. The average Bonchev–Trinajstić information content (AvgIpc) is 2.97. The van der Waals surface area contributed by atoms with Crippen LogP contribution >= 0.6 is 11.3 Å². The lowest BCUT2D eigenvalue weighted by Gasteiger charge is -2.16. The highest BCUT2D eigenvalue weighted by Crippen LogP contribution is 2.35. The summed E-state index contributed by atoms with van der Waals surface area (Å²) in [5.74, 6) is 1.03. The van der Waals surface area contributed by atoms with Crippen LogP contribution in [-0.2, 0) is 13.0 Å². The van der Waals surface area contributed by atoms with Crippen molar-refractivity contribution in [2.45, 2.75) is 52.3 Å². The van der Waals surface area contributed by atoms with Gasteiger partial charge in [-0.05, 0) is 44.9 Å². The molecule has 1 atom stereocenters. The van der Waals surface area contributed by atoms with Crippen molar-refractivity contribution in [2.24, 2.45) is 0 Å². The Hall–Kier alpha value is -1.39. The Morgan fingerprint density at radius 3 is 2.95 bits per heavy atom. The van der Waals surface area contributed by atoms with Gasteiger partial charge >= 0.3 is 0 Å². The van der Waals surface area contributed by atoms with Crippen LogP contribution in [0.25, 0.3) is 0 Å². The first-order chi connectivity index (χ1) is 9.93. The van der Waals surface area contributed by atoms with Gasteiger partial charge in [0.15, 0.2) is 0 Å². The van der Waals surface area contributed by atoms with Gasteiger partial charge in [0.25, 0.3) is 0 Å². The smallest absolute Gasteiger partial charge is 0.123 e. The second-order valence-corrected chi connectivity index (χ2v) is 7.30. The van der Waals surface area contributed by atoms with Crippen LogP contribution in [0.2, 0.25) is 0 Å². The van der Waals surface area contributed by atoms with Crippen molar-refractivity contribution in [1.29, 1.82) is 0 Å². The lowest BCUT2D eigenvalue weighted by atomic mass is 10.0. The van der Waals surface area contributed by atoms with Gasteiger partial charge in [-0.3, -0.25) is 0 Å². The van der Waals surface area contributed by atoms with Crippen molar-refractivity contribution in [1.82, 2.24) is 10.3 Å². The zero-order valence-corrected chi connectivity index (χ0v) is 13.9. The maximum atomic E-state index is 5.92. The van der Waals surface area contributed by atoms with E-state index < -0.39 is 0 Å². The third-order valence-electron chi connectivity index (χ3n) is 3.75. The molecule has 0 bridgehead atoms. The number of rotatable bonds is 4. The van der Waals surface area contributed by atoms with E-state index >= 15 is 0 Å². The summed E-state index contributed by atoms with van der Waals surface area (Å²) in [4.78, 5) is 4.54. The molecule has 0 saturated heterocycles. The Balaban J connectivity index is 1.64. The quantitative estimate of drug-likeness (QED) is 0.926. The van der Waals surface area contributed by atoms with Gasteiger partial charge in [0, 0.05) is 24.0 Å². The van der Waals surface area contributed by atoms with Crippen LogP contribution in [0.1, 0.15) is 48.6 Å². The summed E-state index contributed by atoms with van der Waals surface area (Å²) in [5, 5.41) is 6.80. The van der Waals surface area contributed by atoms with Gasteiger partial charge in [0.1, 0.15) is 16.4 Å². The van der Waals surface area contributed by atoms with Crippen molar-refractivity contribution in [2.75, 3.05) is 0 Å². The number of nitrogens with zero attached hydrogens (tertiary/aromatic N) is 1. The molecular formula is C17H22N2OS. The molecule has 2 heterocycles. The van der Waals surface area contributed by atoms with E-state index in [1.54, 1.807) is 11.3 Å². The van der Waals surface area contributed by atoms with E-state index in [-0.39, 0.29) is 11.6 Å². The second kappa shape index (κ2) is 5.43. The summed E-state index contributed by atoms with van der Waals surface area (Å²) in [6.45, 7) is 9.33. The SMILES string of the molecule is Cc1csc(C(C)NCc2ccc3c(c2)CC(C)(C)O3)n1. The number of aromatic nitrogens is 1. The third-order valence-corrected chi connectivity index (χ3v) is 4.89. The maximum absolute atomic E-state index is 5.92. The zero-order chi connectivity index (χ0) is 15.0. The molecule has 0 radical (unpaired) electrons. The van der Waals surface area contributed by atoms with Crippen molar-refractivity contribution >= 4 is 11.3 Å². The molecule has 3 nitrogen and oxygen atoms in total. The van der Waals surface area contributed by atoms with Gasteiger partial charge in [-0.15, -0.1) is 11.3 Å². The molecule has 2 aromatic rings. The molecule has 0 spiro atoms. The Morgan fingerprint density at radius 1 is 1.43 bits per heavy atom. The van der Waals surface area contributed by atoms with Gasteiger partial charge in [0.05, 0.1) is 6.04 Å². The van der Waals surface area contributed by atoms with Crippen LogP contribution < -0.4 is 10.1 Å². The molecule has 1 unspecified atom stereocenters. The third kappa shape index (κ3) is 3.27. The largest absolute Gasteiger partial charge is 0.487 e. The first kappa shape index (κ1) is 14.5. The fourth-order valence-electron chi connectivity index (χ4n) is 2.70. The Bertz CT molecular complexity index is 648. The van der Waals surface area contributed by atoms with Gasteiger partial charge in [0.2, 0.25) is 0 Å². The van der Waals surface area contributed by atoms with Crippen LogP contribution in [0, 0.1) is 6.92 Å². The average molecular weight is 302 g/mol. The highest BCUT2D eigenvalue weighted by molar-refractivity contribution is 7.09. The summed E-state index contributed by atoms with van der Waals surface area (Å²) in [6.07, 6.45) is 0.984. The molecule has 0 fully saturated rings. The number of thiazole rings is 1. The van der Waals surface area contributed by atoms with Gasteiger partial charge in [-0.2, -0.15) is 0 Å². The second-order valence-electron chi connectivity index (χ2n) is 6.41. The zero-order valence-electron chi connectivity index (χ0n) is 13.1. The minimum Gasteiger partial charge on any atom is -0.487 e. The predicted molar refractivity (Wildman–Crippen MR) is 87.0 cm³/mol. The lowest BCUT2D eigenvalue weighted by molar-refractivity contribution is 0.138. The van der Waals surface area contributed by atoms with Crippen LogP contribution in [0.15, 0.2) is 23.6 Å². The Kier molecular flexibility index (Phi) is 3.76. The number of aryl methyl sites for hydroxylation is 1. The van der Waals surface area contributed by atoms with E-state index in [4.69, 9.17) is 4.74 Å². The first-order valence-corrected chi connectivity index (χ1v) is 8.27.